The van der Waals surface area contributed by atoms with E-state index in [0.29, 0.717) is 60.6 Å². The highest BCUT2D eigenvalue weighted by molar-refractivity contribution is 6.42. The van der Waals surface area contributed by atoms with Gasteiger partial charge in [-0.3, -0.25) is 19.3 Å². The Bertz CT molecular complexity index is 2780. The molecule has 0 radical (unpaired) electrons. The van der Waals surface area contributed by atoms with Crippen molar-refractivity contribution in [1.82, 2.24) is 10.2 Å². The van der Waals surface area contributed by atoms with Crippen LogP contribution in [-0.2, 0) is 45.2 Å². The van der Waals surface area contributed by atoms with Gasteiger partial charge in [-0.25, -0.2) is 4.79 Å². The third-order valence-electron chi connectivity index (χ3n) is 11.5. The number of carbonyl (C=O) groups excluding carboxylic acids is 2. The van der Waals surface area contributed by atoms with E-state index in [1.807, 2.05) is 30.3 Å². The molecule has 0 aromatic heterocycles. The number of benzene rings is 6. The number of amides is 2. The van der Waals surface area contributed by atoms with Crippen LogP contribution in [0, 0.1) is 11.3 Å². The van der Waals surface area contributed by atoms with E-state index in [-0.39, 0.29) is 31.9 Å². The van der Waals surface area contributed by atoms with Gasteiger partial charge < -0.3 is 29.9 Å². The summed E-state index contributed by atoms with van der Waals surface area (Å²) in [6, 6.07) is 37.1. The quantitative estimate of drug-likeness (QED) is 0.102. The first-order valence-corrected chi connectivity index (χ1v) is 21.0. The lowest BCUT2D eigenvalue weighted by Crippen LogP contribution is -2.56. The van der Waals surface area contributed by atoms with E-state index < -0.39 is 42.1 Å². The lowest BCUT2D eigenvalue weighted by atomic mass is 9.89. The minimum Gasteiger partial charge on any atom is -0.489 e. The van der Waals surface area contributed by atoms with Gasteiger partial charge in [0.1, 0.15) is 30.2 Å². The van der Waals surface area contributed by atoms with Gasteiger partial charge in [0.2, 0.25) is 12.0 Å². The van der Waals surface area contributed by atoms with Crippen molar-refractivity contribution < 1.29 is 38.9 Å². The molecule has 12 nitrogen and oxygen atoms in total. The maximum atomic E-state index is 14.4. The molecule has 14 heteroatoms. The van der Waals surface area contributed by atoms with Crippen molar-refractivity contribution >= 4 is 52.6 Å². The summed E-state index contributed by atoms with van der Waals surface area (Å²) >= 11 is 12.2. The second kappa shape index (κ2) is 18.7. The van der Waals surface area contributed by atoms with Gasteiger partial charge in [-0.15, -0.1) is 0 Å². The van der Waals surface area contributed by atoms with Gasteiger partial charge in [0, 0.05) is 25.6 Å². The number of nitrogens with one attached hydrogen (secondary N) is 1. The zero-order valence-electron chi connectivity index (χ0n) is 34.3. The molecule has 0 aliphatic carbocycles. The molecule has 2 aliphatic rings. The van der Waals surface area contributed by atoms with Crippen molar-refractivity contribution in [3.8, 4) is 28.7 Å². The first-order valence-electron chi connectivity index (χ1n) is 20.3. The molecule has 322 valence electrons. The Morgan fingerprint density at radius 2 is 1.50 bits per heavy atom. The largest absolute Gasteiger partial charge is 0.489 e. The summed E-state index contributed by atoms with van der Waals surface area (Å²) in [4.78, 5) is 57.1. The number of hydrogen-bond acceptors (Lipinski definition) is 8. The molecular weight excluding hydrogens is 855 g/mol. The number of halogens is 2. The number of carboxylic acids is 2. The predicted molar refractivity (Wildman–Crippen MR) is 240 cm³/mol. The molecule has 2 heterocycles. The number of aliphatic carboxylic acids is 2. The topological polar surface area (TPSA) is 169 Å². The van der Waals surface area contributed by atoms with Crippen molar-refractivity contribution in [3.63, 3.8) is 0 Å². The van der Waals surface area contributed by atoms with Crippen molar-refractivity contribution in [2.75, 3.05) is 11.9 Å². The van der Waals surface area contributed by atoms with Gasteiger partial charge >= 0.3 is 11.9 Å². The smallest absolute Gasteiger partial charge is 0.326 e. The maximum Gasteiger partial charge on any atom is 0.326 e. The maximum absolute atomic E-state index is 14.4. The van der Waals surface area contributed by atoms with Gasteiger partial charge in [-0.1, -0.05) is 108 Å². The van der Waals surface area contributed by atoms with Gasteiger partial charge in [0.25, 0.3) is 5.91 Å². The molecule has 4 atom stereocenters. The fraction of sp³-hybridized carbons (Fsp3) is 0.180. The van der Waals surface area contributed by atoms with E-state index in [9.17, 15) is 29.4 Å². The fourth-order valence-electron chi connectivity index (χ4n) is 8.10. The summed E-state index contributed by atoms with van der Waals surface area (Å²) in [6.07, 6.45) is -1.01. The molecule has 8 rings (SSSR count). The molecule has 3 N–H and O–H groups in total. The summed E-state index contributed by atoms with van der Waals surface area (Å²) < 4.78 is 12.3. The van der Waals surface area contributed by atoms with E-state index >= 15 is 0 Å². The zero-order chi connectivity index (χ0) is 45.1. The number of nitriles is 1. The Kier molecular flexibility index (Phi) is 12.7. The number of anilines is 1. The summed E-state index contributed by atoms with van der Waals surface area (Å²) in [5.41, 5.74) is 6.65. The molecule has 6 aromatic carbocycles. The minimum absolute atomic E-state index is 0.00232. The van der Waals surface area contributed by atoms with Crippen LogP contribution < -0.4 is 19.7 Å². The van der Waals surface area contributed by atoms with Crippen LogP contribution in [-0.4, -0.2) is 58.0 Å². The molecule has 0 saturated heterocycles. The summed E-state index contributed by atoms with van der Waals surface area (Å²) in [6.45, 7) is 0.248. The number of rotatable bonds is 13. The van der Waals surface area contributed by atoms with E-state index in [4.69, 9.17) is 37.9 Å². The van der Waals surface area contributed by atoms with Gasteiger partial charge in [0.05, 0.1) is 33.4 Å². The number of likely N-dealkylation sites (N-methyl/N-ethyl adjacent to an activating group) is 1. The van der Waals surface area contributed by atoms with E-state index in [2.05, 4.69) is 11.4 Å². The molecule has 2 amide bonds. The number of nitrogens with zero attached hydrogens (tertiary/aromatic N) is 3. The normalized spacial score (nSPS) is 16.6. The molecule has 2 unspecified atom stereocenters. The van der Waals surface area contributed by atoms with Crippen molar-refractivity contribution in [3.05, 3.63) is 182 Å². The number of carbonyl (C=O) groups is 4. The van der Waals surface area contributed by atoms with E-state index in [0.717, 1.165) is 16.7 Å². The molecule has 0 bridgehead atoms. The first-order chi connectivity index (χ1) is 30.9. The van der Waals surface area contributed by atoms with Crippen LogP contribution >= 0.6 is 23.2 Å². The minimum atomic E-state index is -1.34. The van der Waals surface area contributed by atoms with Crippen LogP contribution in [0.3, 0.4) is 0 Å². The van der Waals surface area contributed by atoms with Crippen LogP contribution in [0.4, 0.5) is 5.69 Å². The first kappa shape index (κ1) is 43.5. The summed E-state index contributed by atoms with van der Waals surface area (Å²) in [5, 5.41) is 33.8. The van der Waals surface area contributed by atoms with Crippen LogP contribution in [0.25, 0.3) is 11.1 Å². The van der Waals surface area contributed by atoms with Gasteiger partial charge in [-0.05, 0) is 93.9 Å². The number of ether oxygens (including phenoxy) is 2. The average Bonchev–Trinajstić information content (AvgIpc) is 3.30. The average molecular weight is 896 g/mol. The second-order valence-corrected chi connectivity index (χ2v) is 16.4. The SMILES string of the molecule is CN1C(=O)C(c2ccc(OCc3ccc(Cl)c(Cl)c3)cc2)Oc2cc3c(cc21)C[C@@H](C(=O)N[C@@H](Cc1ccc(-c2ccc(C#N)cc2)cc1)C(=O)O)N(C(C(=O)O)c1ccccc1)C3. The summed E-state index contributed by atoms with van der Waals surface area (Å²) in [7, 11) is 1.64. The number of fused-ring (bicyclic) bond motifs is 2. The van der Waals surface area contributed by atoms with Crippen molar-refractivity contribution in [2.24, 2.45) is 0 Å². The van der Waals surface area contributed by atoms with Crippen molar-refractivity contribution in [2.45, 2.75) is 50.2 Å². The Hall–Kier alpha value is -7.17. The lowest BCUT2D eigenvalue weighted by Gasteiger charge is -2.41. The Labute approximate surface area is 378 Å². The fourth-order valence-corrected chi connectivity index (χ4v) is 8.42. The van der Waals surface area contributed by atoms with E-state index in [1.54, 1.807) is 115 Å². The highest BCUT2D eigenvalue weighted by atomic mass is 35.5. The lowest BCUT2D eigenvalue weighted by molar-refractivity contribution is -0.149. The number of hydrogen-bond donors (Lipinski definition) is 3. The highest BCUT2D eigenvalue weighted by Gasteiger charge is 2.42. The number of carboxylic acid groups (broad SMARTS) is 2. The molecule has 64 heavy (non-hydrogen) atoms. The Balaban J connectivity index is 1.04. The third kappa shape index (κ3) is 9.28. The van der Waals surface area contributed by atoms with Crippen LogP contribution in [0.2, 0.25) is 10.0 Å². The monoisotopic (exact) mass is 894 g/mol. The molecular formula is C50H40Cl2N4O8. The molecule has 0 fully saturated rings. The second-order valence-electron chi connectivity index (χ2n) is 15.6. The van der Waals surface area contributed by atoms with Crippen LogP contribution in [0.15, 0.2) is 133 Å². The molecule has 2 aliphatic heterocycles. The Morgan fingerprint density at radius 3 is 2.14 bits per heavy atom. The predicted octanol–water partition coefficient (Wildman–Crippen LogP) is 8.57. The third-order valence-corrected chi connectivity index (χ3v) is 12.3. The van der Waals surface area contributed by atoms with Crippen molar-refractivity contribution in [1.29, 1.82) is 5.26 Å². The van der Waals surface area contributed by atoms with Crippen LogP contribution in [0.5, 0.6) is 11.5 Å². The Morgan fingerprint density at radius 1 is 0.828 bits per heavy atom. The molecule has 0 saturated carbocycles. The van der Waals surface area contributed by atoms with Gasteiger partial charge in [-0.2, -0.15) is 5.26 Å². The summed E-state index contributed by atoms with van der Waals surface area (Å²) in [5.74, 6) is -2.46. The highest BCUT2D eigenvalue weighted by Crippen LogP contribution is 2.43. The molecule has 0 spiro atoms. The van der Waals surface area contributed by atoms with Gasteiger partial charge in [0.15, 0.2) is 0 Å². The zero-order valence-corrected chi connectivity index (χ0v) is 35.8. The van der Waals surface area contributed by atoms with E-state index in [1.165, 1.54) is 4.90 Å². The van der Waals surface area contributed by atoms with Crippen LogP contribution in [0.1, 0.15) is 51.1 Å². The molecule has 6 aromatic rings. The standard InChI is InChI=1S/C50H40Cl2N4O8/c1-55-42-23-36-24-43(47(57)54-41(49(59)60)22-29-7-12-32(13-8-29)33-14-9-30(26-53)10-15-33)56(45(50(61)62)34-5-3-2-4-6-34)27-37(36)25-44(42)64-46(48(55)58)35-16-18-38(19-17-35)63-28-31-11-20-39(51)40(52)21-31/h2-21,23,25,41,43,45-46H,22,24,27-28H2,1H3,(H,54,57)(H,59,60)(H,61,62)/t41-,43-,45?,46?/m0/s1.